The first-order valence-corrected chi connectivity index (χ1v) is 7.35. The van der Waals surface area contributed by atoms with E-state index in [-0.39, 0.29) is 12.5 Å². The lowest BCUT2D eigenvalue weighted by Gasteiger charge is -2.15. The summed E-state index contributed by atoms with van der Waals surface area (Å²) < 4.78 is 0. The highest BCUT2D eigenvalue weighted by Gasteiger charge is 2.13. The molecular weight excluding hydrogens is 300 g/mol. The van der Waals surface area contributed by atoms with Gasteiger partial charge >= 0.3 is 0 Å². The van der Waals surface area contributed by atoms with Gasteiger partial charge in [0.05, 0.1) is 6.10 Å². The van der Waals surface area contributed by atoms with Crippen LogP contribution in [0.5, 0.6) is 0 Å². The molecule has 0 aliphatic heterocycles. The summed E-state index contributed by atoms with van der Waals surface area (Å²) in [7, 11) is 3.83. The summed E-state index contributed by atoms with van der Waals surface area (Å²) in [6, 6.07) is 14.3. The topological polar surface area (TPSA) is 52.6 Å². The van der Waals surface area contributed by atoms with Crippen LogP contribution in [0.1, 0.15) is 22.0 Å². The molecule has 2 N–H and O–H groups in total. The Kier molecular flexibility index (Phi) is 5.41. The summed E-state index contributed by atoms with van der Waals surface area (Å²) >= 11 is 6.03. The predicted molar refractivity (Wildman–Crippen MR) is 89.5 cm³/mol. The van der Waals surface area contributed by atoms with Gasteiger partial charge < -0.3 is 15.3 Å². The van der Waals surface area contributed by atoms with Gasteiger partial charge in [-0.2, -0.15) is 0 Å². The molecular formula is C17H19ClN2O2. The quantitative estimate of drug-likeness (QED) is 0.891. The van der Waals surface area contributed by atoms with Gasteiger partial charge in [-0.05, 0) is 24.3 Å². The van der Waals surface area contributed by atoms with Gasteiger partial charge in [0.1, 0.15) is 0 Å². The van der Waals surface area contributed by atoms with Crippen LogP contribution in [-0.4, -0.2) is 31.7 Å². The first-order valence-electron chi connectivity index (χ1n) is 6.97. The zero-order valence-electron chi connectivity index (χ0n) is 12.6. The number of nitrogens with zero attached hydrogens (tertiary/aromatic N) is 1. The molecule has 0 aromatic heterocycles. The fraction of sp³-hybridized carbons (Fsp3) is 0.235. The lowest BCUT2D eigenvalue weighted by atomic mass is 10.1. The highest BCUT2D eigenvalue weighted by Crippen LogP contribution is 2.22. The van der Waals surface area contributed by atoms with Gasteiger partial charge in [0.25, 0.3) is 5.91 Å². The second-order valence-corrected chi connectivity index (χ2v) is 5.60. The monoisotopic (exact) mass is 318 g/mol. The van der Waals surface area contributed by atoms with Crippen LogP contribution < -0.4 is 10.2 Å². The number of carbonyl (C=O) groups is 1. The van der Waals surface area contributed by atoms with E-state index in [9.17, 15) is 9.90 Å². The summed E-state index contributed by atoms with van der Waals surface area (Å²) in [5.74, 6) is -0.227. The largest absolute Gasteiger partial charge is 0.387 e. The third kappa shape index (κ3) is 4.00. The Bertz CT molecular complexity index is 659. The molecule has 0 saturated heterocycles. The van der Waals surface area contributed by atoms with Crippen molar-refractivity contribution in [3.8, 4) is 0 Å². The first kappa shape index (κ1) is 16.3. The van der Waals surface area contributed by atoms with Gasteiger partial charge in [-0.1, -0.05) is 35.9 Å². The van der Waals surface area contributed by atoms with E-state index in [1.54, 1.807) is 36.4 Å². The van der Waals surface area contributed by atoms with Gasteiger partial charge in [0.15, 0.2) is 0 Å². The fourth-order valence-corrected chi connectivity index (χ4v) is 2.33. The highest BCUT2D eigenvalue weighted by atomic mass is 35.5. The lowest BCUT2D eigenvalue weighted by Crippen LogP contribution is -2.28. The van der Waals surface area contributed by atoms with Gasteiger partial charge in [-0.15, -0.1) is 0 Å². The maximum Gasteiger partial charge on any atom is 0.251 e. The summed E-state index contributed by atoms with van der Waals surface area (Å²) in [5, 5.41) is 13.3. The molecule has 0 heterocycles. The Labute approximate surface area is 135 Å². The second kappa shape index (κ2) is 7.29. The molecule has 1 atom stereocenters. The molecule has 0 saturated carbocycles. The van der Waals surface area contributed by atoms with Gasteiger partial charge in [-0.25, -0.2) is 0 Å². The van der Waals surface area contributed by atoms with Crippen LogP contribution in [0.25, 0.3) is 0 Å². The van der Waals surface area contributed by atoms with Crippen molar-refractivity contribution in [3.05, 3.63) is 64.7 Å². The molecule has 5 heteroatoms. The smallest absolute Gasteiger partial charge is 0.251 e. The number of carbonyl (C=O) groups excluding carboxylic acids is 1. The summed E-state index contributed by atoms with van der Waals surface area (Å²) in [4.78, 5) is 14.1. The Morgan fingerprint density at radius 1 is 1.23 bits per heavy atom. The van der Waals surface area contributed by atoms with Gasteiger partial charge in [0.2, 0.25) is 0 Å². The second-order valence-electron chi connectivity index (χ2n) is 5.19. The lowest BCUT2D eigenvalue weighted by molar-refractivity contribution is 0.0916. The van der Waals surface area contributed by atoms with Crippen molar-refractivity contribution >= 4 is 23.2 Å². The van der Waals surface area contributed by atoms with Crippen LogP contribution in [0, 0.1) is 0 Å². The number of benzene rings is 2. The molecule has 116 valence electrons. The molecule has 0 aliphatic carbocycles. The SMILES string of the molecule is CN(C)c1cccc(C(=O)NCC(O)c2ccccc2Cl)c1. The Hall–Kier alpha value is -2.04. The zero-order valence-corrected chi connectivity index (χ0v) is 13.3. The molecule has 1 amide bonds. The molecule has 22 heavy (non-hydrogen) atoms. The number of halogens is 1. The number of hydrogen-bond donors (Lipinski definition) is 2. The molecule has 2 rings (SSSR count). The van der Waals surface area contributed by atoms with E-state index >= 15 is 0 Å². The maximum atomic E-state index is 12.2. The van der Waals surface area contributed by atoms with E-state index in [2.05, 4.69) is 5.32 Å². The van der Waals surface area contributed by atoms with E-state index in [1.807, 2.05) is 31.1 Å². The van der Waals surface area contributed by atoms with Crippen molar-refractivity contribution in [2.75, 3.05) is 25.5 Å². The molecule has 0 radical (unpaired) electrons. The summed E-state index contributed by atoms with van der Waals surface area (Å²) in [5.41, 5.74) is 2.10. The Morgan fingerprint density at radius 2 is 1.95 bits per heavy atom. The number of nitrogens with one attached hydrogen (secondary N) is 1. The van der Waals surface area contributed by atoms with E-state index in [0.29, 0.717) is 16.1 Å². The predicted octanol–water partition coefficient (Wildman–Crippen LogP) is 2.87. The van der Waals surface area contributed by atoms with E-state index in [0.717, 1.165) is 5.69 Å². The third-order valence-corrected chi connectivity index (χ3v) is 3.69. The van der Waals surface area contributed by atoms with E-state index in [4.69, 9.17) is 11.6 Å². The minimum absolute atomic E-state index is 0.106. The number of aliphatic hydroxyl groups excluding tert-OH is 1. The van der Waals surface area contributed by atoms with Crippen molar-refractivity contribution in [2.24, 2.45) is 0 Å². The number of aliphatic hydroxyl groups is 1. The fourth-order valence-electron chi connectivity index (χ4n) is 2.07. The zero-order chi connectivity index (χ0) is 16.1. The Morgan fingerprint density at radius 3 is 2.64 bits per heavy atom. The van der Waals surface area contributed by atoms with Crippen LogP contribution in [0.3, 0.4) is 0 Å². The van der Waals surface area contributed by atoms with Crippen molar-refractivity contribution in [2.45, 2.75) is 6.10 Å². The van der Waals surface area contributed by atoms with E-state index in [1.165, 1.54) is 0 Å². The minimum Gasteiger partial charge on any atom is -0.387 e. The average molecular weight is 319 g/mol. The number of amides is 1. The highest BCUT2D eigenvalue weighted by molar-refractivity contribution is 6.31. The van der Waals surface area contributed by atoms with Crippen LogP contribution in [0.2, 0.25) is 5.02 Å². The molecule has 2 aromatic rings. The molecule has 0 spiro atoms. The summed E-state index contributed by atoms with van der Waals surface area (Å²) in [6.07, 6.45) is -0.838. The van der Waals surface area contributed by atoms with Crippen molar-refractivity contribution < 1.29 is 9.90 Å². The van der Waals surface area contributed by atoms with Crippen LogP contribution in [0.15, 0.2) is 48.5 Å². The first-order chi connectivity index (χ1) is 10.5. The molecule has 0 fully saturated rings. The number of anilines is 1. The maximum absolute atomic E-state index is 12.2. The third-order valence-electron chi connectivity index (χ3n) is 3.34. The molecule has 1 unspecified atom stereocenters. The van der Waals surface area contributed by atoms with Gasteiger partial charge in [0, 0.05) is 42.5 Å². The molecule has 4 nitrogen and oxygen atoms in total. The van der Waals surface area contributed by atoms with Crippen molar-refractivity contribution in [1.29, 1.82) is 0 Å². The van der Waals surface area contributed by atoms with Crippen LogP contribution >= 0.6 is 11.6 Å². The molecule has 0 aliphatic rings. The Balaban J connectivity index is 2.01. The van der Waals surface area contributed by atoms with Gasteiger partial charge in [-0.3, -0.25) is 4.79 Å². The number of rotatable bonds is 5. The van der Waals surface area contributed by atoms with Crippen LogP contribution in [0.4, 0.5) is 5.69 Å². The normalized spacial score (nSPS) is 11.8. The van der Waals surface area contributed by atoms with Crippen molar-refractivity contribution in [1.82, 2.24) is 5.32 Å². The van der Waals surface area contributed by atoms with E-state index < -0.39 is 6.10 Å². The standard InChI is InChI=1S/C17H19ClN2O2/c1-20(2)13-7-5-6-12(10-13)17(22)19-11-16(21)14-8-3-4-9-15(14)18/h3-10,16,21H,11H2,1-2H3,(H,19,22). The molecule has 0 bridgehead atoms. The number of hydrogen-bond acceptors (Lipinski definition) is 3. The summed E-state index contributed by atoms with van der Waals surface area (Å²) in [6.45, 7) is 0.106. The molecule has 2 aromatic carbocycles. The van der Waals surface area contributed by atoms with Crippen LogP contribution in [-0.2, 0) is 0 Å². The minimum atomic E-state index is -0.838. The average Bonchev–Trinajstić information content (AvgIpc) is 2.52. The van der Waals surface area contributed by atoms with Crippen molar-refractivity contribution in [3.63, 3.8) is 0 Å².